The molecule has 1 atom stereocenters. The maximum atomic E-state index is 10.1. The van der Waals surface area contributed by atoms with Crippen molar-refractivity contribution in [2.24, 2.45) is 5.73 Å². The van der Waals surface area contributed by atoms with Crippen LogP contribution in [0.4, 0.5) is 0 Å². The van der Waals surface area contributed by atoms with Crippen molar-refractivity contribution in [2.45, 2.75) is 18.1 Å². The molecule has 0 fully saturated rings. The highest BCUT2D eigenvalue weighted by molar-refractivity contribution is 7.86. The lowest BCUT2D eigenvalue weighted by atomic mass is 10.4. The van der Waals surface area contributed by atoms with Crippen LogP contribution in [0.2, 0.25) is 0 Å². The zero-order valence-corrected chi connectivity index (χ0v) is 5.82. The van der Waals surface area contributed by atoms with Gasteiger partial charge in [-0.1, -0.05) is 0 Å². The highest BCUT2D eigenvalue weighted by Gasteiger charge is 2.19. The summed E-state index contributed by atoms with van der Waals surface area (Å²) in [5, 5.41) is 14.7. The van der Waals surface area contributed by atoms with Crippen LogP contribution in [-0.2, 0) is 10.1 Å². The maximum absolute atomic E-state index is 10.1. The van der Waals surface area contributed by atoms with Crippen LogP contribution in [0.15, 0.2) is 0 Å². The molecule has 0 amide bonds. The van der Waals surface area contributed by atoms with Gasteiger partial charge in [-0.3, -0.25) is 4.55 Å². The van der Waals surface area contributed by atoms with Crippen molar-refractivity contribution in [1.82, 2.24) is 0 Å². The third kappa shape index (κ3) is 3.75. The third-order valence-electron chi connectivity index (χ3n) is 0.826. The summed E-state index contributed by atoms with van der Waals surface area (Å²) >= 11 is 0. The van der Waals surface area contributed by atoms with E-state index < -0.39 is 28.2 Å². The van der Waals surface area contributed by atoms with Crippen LogP contribution in [-0.4, -0.2) is 34.8 Å². The molecular formula is C3H9NO5S. The summed E-state index contributed by atoms with van der Waals surface area (Å²) in [5.41, 5.74) is 4.79. The number of hydrogen-bond donors (Lipinski definition) is 4. The Bertz CT molecular complexity index is 185. The van der Waals surface area contributed by atoms with Gasteiger partial charge in [-0.05, 0) is 0 Å². The fraction of sp³-hybridized carbons (Fsp3) is 1.00. The average Bonchev–Trinajstić information content (AvgIpc) is 1.60. The smallest absolute Gasteiger partial charge is 0.281 e. The molecule has 0 aromatic heterocycles. The lowest BCUT2D eigenvalue weighted by Gasteiger charge is -2.08. The molecule has 0 bridgehead atoms. The molecule has 0 spiro atoms. The molecule has 0 aromatic rings. The molecule has 0 aliphatic carbocycles. The lowest BCUT2D eigenvalue weighted by molar-refractivity contribution is -0.0455. The lowest BCUT2D eigenvalue weighted by Crippen LogP contribution is -2.33. The molecule has 62 valence electrons. The standard InChI is InChI=1S/C3H9NO5S/c4-2(1-3(5)6)10(7,8)9/h2-3,5-6H,1,4H2,(H,7,8,9). The predicted molar refractivity (Wildman–Crippen MR) is 32.4 cm³/mol. The first-order chi connectivity index (χ1) is 4.34. The van der Waals surface area contributed by atoms with E-state index in [0.717, 1.165) is 0 Å². The van der Waals surface area contributed by atoms with Crippen molar-refractivity contribution in [3.8, 4) is 0 Å². The van der Waals surface area contributed by atoms with E-state index in [0.29, 0.717) is 0 Å². The summed E-state index contributed by atoms with van der Waals surface area (Å²) in [7, 11) is -4.34. The first kappa shape index (κ1) is 9.79. The minimum Gasteiger partial charge on any atom is -0.368 e. The first-order valence-corrected chi connectivity index (χ1v) is 3.92. The molecule has 0 aliphatic rings. The van der Waals surface area contributed by atoms with E-state index >= 15 is 0 Å². The second kappa shape index (κ2) is 3.26. The molecule has 10 heavy (non-hydrogen) atoms. The minimum atomic E-state index is -4.34. The van der Waals surface area contributed by atoms with Gasteiger partial charge in [0.05, 0.1) is 0 Å². The predicted octanol–water partition coefficient (Wildman–Crippen LogP) is -2.14. The van der Waals surface area contributed by atoms with Crippen LogP contribution >= 0.6 is 0 Å². The second-order valence-electron chi connectivity index (χ2n) is 1.77. The Morgan fingerprint density at radius 3 is 1.90 bits per heavy atom. The van der Waals surface area contributed by atoms with Crippen LogP contribution in [0.5, 0.6) is 0 Å². The van der Waals surface area contributed by atoms with Crippen molar-refractivity contribution in [3.05, 3.63) is 0 Å². The molecule has 5 N–H and O–H groups in total. The molecule has 0 radical (unpaired) electrons. The van der Waals surface area contributed by atoms with Gasteiger partial charge in [0.2, 0.25) is 0 Å². The van der Waals surface area contributed by atoms with Crippen LogP contribution in [0, 0.1) is 0 Å². The molecule has 6 nitrogen and oxygen atoms in total. The van der Waals surface area contributed by atoms with Crippen LogP contribution in [0.25, 0.3) is 0 Å². The quantitative estimate of drug-likeness (QED) is 0.284. The van der Waals surface area contributed by atoms with Gasteiger partial charge in [-0.15, -0.1) is 0 Å². The summed E-state index contributed by atoms with van der Waals surface area (Å²) in [6.45, 7) is 0. The number of aliphatic hydroxyl groups is 2. The van der Waals surface area contributed by atoms with Crippen molar-refractivity contribution in [3.63, 3.8) is 0 Å². The number of hydrogen-bond acceptors (Lipinski definition) is 5. The van der Waals surface area contributed by atoms with E-state index in [1.54, 1.807) is 0 Å². The Balaban J connectivity index is 3.99. The topological polar surface area (TPSA) is 121 Å². The van der Waals surface area contributed by atoms with E-state index in [-0.39, 0.29) is 0 Å². The van der Waals surface area contributed by atoms with E-state index in [2.05, 4.69) is 0 Å². The normalized spacial score (nSPS) is 15.7. The number of rotatable bonds is 3. The zero-order chi connectivity index (χ0) is 8.36. The Morgan fingerprint density at radius 1 is 1.40 bits per heavy atom. The molecule has 0 aliphatic heterocycles. The van der Waals surface area contributed by atoms with E-state index in [4.69, 9.17) is 20.5 Å². The van der Waals surface area contributed by atoms with Gasteiger partial charge in [0, 0.05) is 6.42 Å². The molecular weight excluding hydrogens is 162 g/mol. The van der Waals surface area contributed by atoms with Gasteiger partial charge in [-0.25, -0.2) is 0 Å². The van der Waals surface area contributed by atoms with Crippen molar-refractivity contribution in [2.75, 3.05) is 0 Å². The summed E-state index contributed by atoms with van der Waals surface area (Å²) in [6.07, 6.45) is -2.42. The van der Waals surface area contributed by atoms with Crippen molar-refractivity contribution >= 4 is 10.1 Å². The third-order valence-corrected chi connectivity index (χ3v) is 1.78. The summed E-state index contributed by atoms with van der Waals surface area (Å²) in [4.78, 5) is 0. The van der Waals surface area contributed by atoms with Crippen molar-refractivity contribution in [1.29, 1.82) is 0 Å². The summed E-state index contributed by atoms with van der Waals surface area (Å²) in [5.74, 6) is 0. The maximum Gasteiger partial charge on any atom is 0.281 e. The monoisotopic (exact) mass is 171 g/mol. The van der Waals surface area contributed by atoms with E-state index in [1.165, 1.54) is 0 Å². The van der Waals surface area contributed by atoms with Crippen molar-refractivity contribution < 1.29 is 23.2 Å². The number of aliphatic hydroxyl groups excluding tert-OH is 1. The molecule has 0 rings (SSSR count). The SMILES string of the molecule is NC(CC(O)O)S(=O)(=O)O. The molecule has 0 heterocycles. The van der Waals surface area contributed by atoms with Gasteiger partial charge >= 0.3 is 0 Å². The Kier molecular flexibility index (Phi) is 3.19. The highest BCUT2D eigenvalue weighted by atomic mass is 32.2. The van der Waals surface area contributed by atoms with E-state index in [9.17, 15) is 8.42 Å². The second-order valence-corrected chi connectivity index (χ2v) is 3.41. The zero-order valence-electron chi connectivity index (χ0n) is 5.01. The Labute approximate surface area is 58.0 Å². The Hall–Kier alpha value is -0.210. The largest absolute Gasteiger partial charge is 0.368 e. The Morgan fingerprint density at radius 2 is 1.80 bits per heavy atom. The molecule has 0 aromatic carbocycles. The molecule has 0 saturated heterocycles. The highest BCUT2D eigenvalue weighted by Crippen LogP contribution is 1.98. The molecule has 1 unspecified atom stereocenters. The van der Waals surface area contributed by atoms with Gasteiger partial charge in [-0.2, -0.15) is 8.42 Å². The van der Waals surface area contributed by atoms with Gasteiger partial charge in [0.25, 0.3) is 10.1 Å². The minimum absolute atomic E-state index is 0.598. The van der Waals surface area contributed by atoms with Gasteiger partial charge < -0.3 is 15.9 Å². The van der Waals surface area contributed by atoms with Gasteiger partial charge in [0.1, 0.15) is 5.37 Å². The fourth-order valence-corrected chi connectivity index (χ4v) is 0.745. The summed E-state index contributed by atoms with van der Waals surface area (Å²) in [6, 6.07) is 0. The fourth-order valence-electron chi connectivity index (χ4n) is 0.329. The van der Waals surface area contributed by atoms with Crippen LogP contribution in [0.1, 0.15) is 6.42 Å². The van der Waals surface area contributed by atoms with Gasteiger partial charge in [0.15, 0.2) is 6.29 Å². The summed E-state index contributed by atoms with van der Waals surface area (Å²) < 4.78 is 28.3. The first-order valence-electron chi connectivity index (χ1n) is 2.42. The van der Waals surface area contributed by atoms with Crippen LogP contribution in [0.3, 0.4) is 0 Å². The average molecular weight is 171 g/mol. The molecule has 7 heteroatoms. The van der Waals surface area contributed by atoms with Crippen LogP contribution < -0.4 is 5.73 Å². The van der Waals surface area contributed by atoms with E-state index in [1.807, 2.05) is 0 Å². The number of nitrogens with two attached hydrogens (primary N) is 1. The molecule has 0 saturated carbocycles.